The van der Waals surface area contributed by atoms with Crippen LogP contribution in [0, 0.1) is 5.92 Å². The molecule has 3 N–H and O–H groups in total. The third-order valence-corrected chi connectivity index (χ3v) is 5.19. The molecule has 27 heavy (non-hydrogen) atoms. The molecule has 0 spiro atoms. The topological polar surface area (TPSA) is 85.4 Å². The Hall–Kier alpha value is -2.57. The van der Waals surface area contributed by atoms with Crippen molar-refractivity contribution in [3.05, 3.63) is 30.1 Å². The van der Waals surface area contributed by atoms with Gasteiger partial charge in [0.05, 0.1) is 11.0 Å². The van der Waals surface area contributed by atoms with Crippen molar-refractivity contribution in [2.24, 2.45) is 10.9 Å². The highest BCUT2D eigenvalue weighted by atomic mass is 16.1. The molecule has 0 aliphatic carbocycles. The fraction of sp³-hybridized carbons (Fsp3) is 0.550. The fourth-order valence-corrected chi connectivity index (χ4v) is 3.63. The summed E-state index contributed by atoms with van der Waals surface area (Å²) >= 11 is 0. The van der Waals surface area contributed by atoms with Crippen molar-refractivity contribution in [1.82, 2.24) is 25.5 Å². The minimum absolute atomic E-state index is 0.140. The first-order valence-electron chi connectivity index (χ1n) is 9.79. The van der Waals surface area contributed by atoms with Crippen molar-refractivity contribution in [3.8, 4) is 0 Å². The molecule has 2 heterocycles. The van der Waals surface area contributed by atoms with Gasteiger partial charge in [0.1, 0.15) is 5.82 Å². The summed E-state index contributed by atoms with van der Waals surface area (Å²) in [5.74, 6) is 2.61. The fourth-order valence-electron chi connectivity index (χ4n) is 3.63. The predicted octanol–water partition coefficient (Wildman–Crippen LogP) is 1.92. The monoisotopic (exact) mass is 370 g/mol. The molecule has 2 aromatic rings. The van der Waals surface area contributed by atoms with Crippen LogP contribution in [0.2, 0.25) is 0 Å². The first kappa shape index (κ1) is 19.2. The van der Waals surface area contributed by atoms with Crippen LogP contribution in [0.25, 0.3) is 11.0 Å². The van der Waals surface area contributed by atoms with Gasteiger partial charge in [-0.25, -0.2) is 4.98 Å². The lowest BCUT2D eigenvalue weighted by atomic mass is 9.93. The Morgan fingerprint density at radius 1 is 1.33 bits per heavy atom. The van der Waals surface area contributed by atoms with Crippen LogP contribution in [0.3, 0.4) is 0 Å². The lowest BCUT2D eigenvalue weighted by Gasteiger charge is -2.34. The van der Waals surface area contributed by atoms with Gasteiger partial charge in [-0.3, -0.25) is 9.79 Å². The molecule has 0 saturated carbocycles. The molecule has 1 aliphatic rings. The number of hydrogen-bond donors (Lipinski definition) is 3. The van der Waals surface area contributed by atoms with E-state index in [1.807, 2.05) is 25.2 Å². The molecule has 1 aromatic carbocycles. The number of fused-ring (bicyclic) bond motifs is 1. The molecule has 0 radical (unpaired) electrons. The van der Waals surface area contributed by atoms with Gasteiger partial charge in [0.25, 0.3) is 0 Å². The lowest BCUT2D eigenvalue weighted by Crippen LogP contribution is -2.46. The number of imidazole rings is 1. The van der Waals surface area contributed by atoms with Crippen LogP contribution in [0.1, 0.15) is 31.5 Å². The Kier molecular flexibility index (Phi) is 6.68. The Bertz CT molecular complexity index is 743. The maximum absolute atomic E-state index is 11.5. The van der Waals surface area contributed by atoms with Gasteiger partial charge >= 0.3 is 0 Å². The summed E-state index contributed by atoms with van der Waals surface area (Å²) in [6, 6.07) is 8.12. The van der Waals surface area contributed by atoms with E-state index in [9.17, 15) is 4.79 Å². The van der Waals surface area contributed by atoms with Crippen LogP contribution in [0.4, 0.5) is 0 Å². The number of aromatic amines is 1. The summed E-state index contributed by atoms with van der Waals surface area (Å²) in [4.78, 5) is 26.2. The number of guanidine groups is 1. The number of carbonyl (C=O) groups excluding carboxylic acids is 1. The molecular weight excluding hydrogens is 340 g/mol. The zero-order valence-electron chi connectivity index (χ0n) is 16.3. The first-order chi connectivity index (χ1) is 13.2. The number of aromatic nitrogens is 2. The Morgan fingerprint density at radius 2 is 2.11 bits per heavy atom. The summed E-state index contributed by atoms with van der Waals surface area (Å²) in [5, 5.41) is 6.18. The molecule has 146 valence electrons. The van der Waals surface area contributed by atoms with Crippen LogP contribution in [-0.2, 0) is 11.2 Å². The smallest absolute Gasteiger partial charge is 0.220 e. The number of aliphatic imine (C=N–C) groups is 1. The second kappa shape index (κ2) is 9.39. The summed E-state index contributed by atoms with van der Waals surface area (Å²) in [7, 11) is 3.53. The molecule has 0 atom stereocenters. The number of aryl methyl sites for hydroxylation is 1. The largest absolute Gasteiger partial charge is 0.359 e. The number of piperidine rings is 1. The molecule has 0 unspecified atom stereocenters. The Balaban J connectivity index is 1.40. The van der Waals surface area contributed by atoms with E-state index in [0.717, 1.165) is 68.1 Å². The number of benzene rings is 1. The highest BCUT2D eigenvalue weighted by molar-refractivity contribution is 5.80. The predicted molar refractivity (Wildman–Crippen MR) is 109 cm³/mol. The van der Waals surface area contributed by atoms with Crippen molar-refractivity contribution < 1.29 is 4.79 Å². The number of rotatable bonds is 6. The van der Waals surface area contributed by atoms with E-state index in [4.69, 9.17) is 0 Å². The van der Waals surface area contributed by atoms with Gasteiger partial charge < -0.3 is 20.5 Å². The van der Waals surface area contributed by atoms with Crippen LogP contribution < -0.4 is 10.6 Å². The molecule has 1 amide bonds. The van der Waals surface area contributed by atoms with Crippen LogP contribution in [0.5, 0.6) is 0 Å². The van der Waals surface area contributed by atoms with Crippen molar-refractivity contribution in [2.45, 2.75) is 32.1 Å². The second-order valence-electron chi connectivity index (χ2n) is 7.09. The lowest BCUT2D eigenvalue weighted by molar-refractivity contribution is -0.121. The molecule has 1 aliphatic heterocycles. The average molecular weight is 371 g/mol. The molecule has 7 nitrogen and oxygen atoms in total. The van der Waals surface area contributed by atoms with E-state index < -0.39 is 0 Å². The van der Waals surface area contributed by atoms with Crippen molar-refractivity contribution in [1.29, 1.82) is 0 Å². The number of hydrogen-bond acceptors (Lipinski definition) is 3. The maximum atomic E-state index is 11.5. The van der Waals surface area contributed by atoms with Gasteiger partial charge in [-0.2, -0.15) is 0 Å². The zero-order chi connectivity index (χ0) is 19.1. The highest BCUT2D eigenvalue weighted by Gasteiger charge is 2.22. The summed E-state index contributed by atoms with van der Waals surface area (Å²) in [6.07, 6.45) is 4.60. The van der Waals surface area contributed by atoms with Crippen molar-refractivity contribution in [2.75, 3.05) is 33.7 Å². The summed E-state index contributed by atoms with van der Waals surface area (Å²) < 4.78 is 0. The minimum Gasteiger partial charge on any atom is -0.359 e. The highest BCUT2D eigenvalue weighted by Crippen LogP contribution is 2.20. The number of carbonyl (C=O) groups is 1. The molecule has 1 aromatic heterocycles. The van der Waals surface area contributed by atoms with Crippen LogP contribution in [-0.4, -0.2) is 60.5 Å². The zero-order valence-corrected chi connectivity index (χ0v) is 16.3. The van der Waals surface area contributed by atoms with Gasteiger partial charge in [0.2, 0.25) is 5.91 Å². The first-order valence-corrected chi connectivity index (χ1v) is 9.79. The van der Waals surface area contributed by atoms with E-state index in [1.54, 1.807) is 7.05 Å². The number of H-pyrrole nitrogens is 1. The summed E-state index contributed by atoms with van der Waals surface area (Å²) in [5.41, 5.74) is 2.12. The quantitative estimate of drug-likeness (QED) is 0.412. The maximum Gasteiger partial charge on any atom is 0.220 e. The van der Waals surface area contributed by atoms with E-state index in [0.29, 0.717) is 12.3 Å². The van der Waals surface area contributed by atoms with Gasteiger partial charge in [-0.15, -0.1) is 0 Å². The van der Waals surface area contributed by atoms with E-state index >= 15 is 0 Å². The van der Waals surface area contributed by atoms with Crippen LogP contribution >= 0.6 is 0 Å². The molecular formula is C20H30N6O. The van der Waals surface area contributed by atoms with Crippen molar-refractivity contribution >= 4 is 22.9 Å². The SMILES string of the molecule is CN=C(NCCCc1nc2ccccc2[nH]1)N1CCC(CC(=O)NC)CC1. The number of amides is 1. The van der Waals surface area contributed by atoms with Gasteiger partial charge in [0, 0.05) is 46.6 Å². The Labute approximate surface area is 160 Å². The average Bonchev–Trinajstić information content (AvgIpc) is 3.11. The third kappa shape index (κ3) is 5.21. The molecule has 1 saturated heterocycles. The van der Waals surface area contributed by atoms with Crippen LogP contribution in [0.15, 0.2) is 29.3 Å². The van der Waals surface area contributed by atoms with Gasteiger partial charge in [-0.05, 0) is 37.3 Å². The molecule has 3 rings (SSSR count). The standard InChI is InChI=1S/C20H30N6O/c1-21-19(27)14-15-9-12-26(13-10-15)20(22-2)23-11-5-8-18-24-16-6-3-4-7-17(16)25-18/h3-4,6-7,15H,5,8-14H2,1-2H3,(H,21,27)(H,22,23)(H,24,25). The number of nitrogens with one attached hydrogen (secondary N) is 3. The molecule has 7 heteroatoms. The summed E-state index contributed by atoms with van der Waals surface area (Å²) in [6.45, 7) is 2.76. The van der Waals surface area contributed by atoms with Crippen molar-refractivity contribution in [3.63, 3.8) is 0 Å². The molecule has 1 fully saturated rings. The van der Waals surface area contributed by atoms with E-state index in [2.05, 4.69) is 36.6 Å². The minimum atomic E-state index is 0.140. The van der Waals surface area contributed by atoms with E-state index in [-0.39, 0.29) is 5.91 Å². The normalized spacial score (nSPS) is 15.9. The third-order valence-electron chi connectivity index (χ3n) is 5.19. The van der Waals surface area contributed by atoms with Gasteiger partial charge in [0.15, 0.2) is 5.96 Å². The number of nitrogens with zero attached hydrogens (tertiary/aromatic N) is 3. The second-order valence-corrected chi connectivity index (χ2v) is 7.09. The van der Waals surface area contributed by atoms with Gasteiger partial charge in [-0.1, -0.05) is 12.1 Å². The number of likely N-dealkylation sites (tertiary alicyclic amines) is 1. The van der Waals surface area contributed by atoms with E-state index in [1.165, 1.54) is 0 Å². The Morgan fingerprint density at radius 3 is 2.81 bits per heavy atom. The number of para-hydroxylation sites is 2. The molecule has 0 bridgehead atoms.